The highest BCUT2D eigenvalue weighted by Crippen LogP contribution is 2.10. The van der Waals surface area contributed by atoms with E-state index in [2.05, 4.69) is 0 Å². The topological polar surface area (TPSA) is 60.2 Å². The molecule has 0 aliphatic heterocycles. The van der Waals surface area contributed by atoms with Crippen molar-refractivity contribution in [3.8, 4) is 0 Å². The monoisotopic (exact) mass is 211 g/mol. The average Bonchev–Trinajstić information content (AvgIpc) is 1.96. The van der Waals surface area contributed by atoms with Crippen LogP contribution in [0.25, 0.3) is 0 Å². The van der Waals surface area contributed by atoms with Gasteiger partial charge in [0.05, 0.1) is 5.75 Å². The molecule has 0 radical (unpaired) electrons. The third-order valence-corrected chi connectivity index (χ3v) is 3.71. The van der Waals surface area contributed by atoms with Crippen LogP contribution in [0.1, 0.15) is 13.3 Å². The summed E-state index contributed by atoms with van der Waals surface area (Å²) in [6.07, 6.45) is 2.00. The largest absolute Gasteiger partial charge is 0.329 e. The van der Waals surface area contributed by atoms with Crippen molar-refractivity contribution in [2.75, 3.05) is 24.3 Å². The second-order valence-electron chi connectivity index (χ2n) is 2.90. The van der Waals surface area contributed by atoms with E-state index in [4.69, 9.17) is 5.73 Å². The molecule has 0 aromatic carbocycles. The van der Waals surface area contributed by atoms with Gasteiger partial charge in [-0.25, -0.2) is 8.42 Å². The average molecular weight is 211 g/mol. The lowest BCUT2D eigenvalue weighted by Crippen LogP contribution is -2.13. The second-order valence-corrected chi connectivity index (χ2v) is 6.71. The molecular weight excluding hydrogens is 194 g/mol. The highest BCUT2D eigenvalue weighted by Gasteiger charge is 2.03. The summed E-state index contributed by atoms with van der Waals surface area (Å²) in [6.45, 7) is 2.70. The van der Waals surface area contributed by atoms with Crippen LogP contribution in [0.2, 0.25) is 0 Å². The Balaban J connectivity index is 3.34. The van der Waals surface area contributed by atoms with Gasteiger partial charge in [-0.3, -0.25) is 0 Å². The normalized spacial score (nSPS) is 14.6. The molecule has 0 amide bonds. The Labute approximate surface area is 79.0 Å². The van der Waals surface area contributed by atoms with Crippen LogP contribution in [0.15, 0.2) is 0 Å². The van der Waals surface area contributed by atoms with Crippen molar-refractivity contribution in [3.05, 3.63) is 0 Å². The number of hydrogen-bond acceptors (Lipinski definition) is 4. The lowest BCUT2D eigenvalue weighted by atomic mass is 10.5. The molecule has 0 aromatic heterocycles. The summed E-state index contributed by atoms with van der Waals surface area (Å²) in [6, 6.07) is 0. The fraction of sp³-hybridized carbons (Fsp3) is 1.00. The first-order valence-corrected chi connectivity index (χ1v) is 7.06. The van der Waals surface area contributed by atoms with Crippen LogP contribution in [0.3, 0.4) is 0 Å². The first-order chi connectivity index (χ1) is 5.45. The molecule has 5 heteroatoms. The predicted octanol–water partition coefficient (Wildman–Crippen LogP) is 0.502. The number of thioether (sulfide) groups is 1. The van der Waals surface area contributed by atoms with Crippen molar-refractivity contribution in [2.24, 2.45) is 5.73 Å². The predicted molar refractivity (Wildman–Crippen MR) is 55.3 cm³/mol. The smallest absolute Gasteiger partial charge is 0.147 e. The zero-order valence-corrected chi connectivity index (χ0v) is 9.25. The molecule has 0 fully saturated rings. The minimum atomic E-state index is -2.77. The third-order valence-electron chi connectivity index (χ3n) is 1.39. The number of nitrogens with two attached hydrogens (primary N) is 1. The van der Waals surface area contributed by atoms with Gasteiger partial charge >= 0.3 is 0 Å². The number of rotatable bonds is 6. The molecule has 0 aliphatic rings. The molecule has 3 nitrogen and oxygen atoms in total. The van der Waals surface area contributed by atoms with Crippen molar-refractivity contribution in [3.63, 3.8) is 0 Å². The Bertz CT molecular complexity index is 201. The lowest BCUT2D eigenvalue weighted by Gasteiger charge is -2.06. The first kappa shape index (κ1) is 12.3. The van der Waals surface area contributed by atoms with E-state index < -0.39 is 9.84 Å². The summed E-state index contributed by atoms with van der Waals surface area (Å²) in [5.74, 6) is 1.17. The molecule has 0 aliphatic carbocycles. The molecule has 0 spiro atoms. The quantitative estimate of drug-likeness (QED) is 0.650. The van der Waals surface area contributed by atoms with Crippen LogP contribution in [-0.2, 0) is 9.84 Å². The standard InChI is InChI=1S/C7H17NO2S2/c1-7(6-8)11-4-3-5-12(2,9)10/h7H,3-6,8H2,1-2H3. The molecule has 0 bridgehead atoms. The van der Waals surface area contributed by atoms with Crippen LogP contribution in [0.5, 0.6) is 0 Å². The van der Waals surface area contributed by atoms with E-state index in [1.807, 2.05) is 6.92 Å². The zero-order valence-electron chi connectivity index (χ0n) is 7.62. The Hall–Kier alpha value is 0.260. The van der Waals surface area contributed by atoms with Gasteiger partial charge in [-0.05, 0) is 12.2 Å². The number of hydrogen-bond donors (Lipinski definition) is 1. The SMILES string of the molecule is CC(CN)SCCCS(C)(=O)=O. The molecule has 0 heterocycles. The van der Waals surface area contributed by atoms with Crippen LogP contribution in [0, 0.1) is 0 Å². The molecule has 2 N–H and O–H groups in total. The van der Waals surface area contributed by atoms with Crippen LogP contribution >= 0.6 is 11.8 Å². The summed E-state index contributed by atoms with van der Waals surface area (Å²) in [5.41, 5.74) is 5.40. The third kappa shape index (κ3) is 8.36. The highest BCUT2D eigenvalue weighted by molar-refractivity contribution is 7.99. The van der Waals surface area contributed by atoms with Gasteiger partial charge in [0.1, 0.15) is 9.84 Å². The van der Waals surface area contributed by atoms with Crippen molar-refractivity contribution in [1.82, 2.24) is 0 Å². The minimum Gasteiger partial charge on any atom is -0.329 e. The molecule has 0 saturated heterocycles. The van der Waals surface area contributed by atoms with E-state index in [9.17, 15) is 8.42 Å². The van der Waals surface area contributed by atoms with E-state index >= 15 is 0 Å². The van der Waals surface area contributed by atoms with Gasteiger partial charge in [-0.2, -0.15) is 11.8 Å². The zero-order chi connectivity index (χ0) is 9.61. The maximum absolute atomic E-state index is 10.7. The minimum absolute atomic E-state index is 0.289. The Morgan fingerprint density at radius 3 is 2.50 bits per heavy atom. The first-order valence-electron chi connectivity index (χ1n) is 3.95. The summed E-state index contributed by atoms with van der Waals surface area (Å²) in [5, 5.41) is 0.435. The Morgan fingerprint density at radius 2 is 2.08 bits per heavy atom. The molecule has 1 atom stereocenters. The molecule has 12 heavy (non-hydrogen) atoms. The fourth-order valence-electron chi connectivity index (χ4n) is 0.674. The van der Waals surface area contributed by atoms with Crippen molar-refractivity contribution in [1.29, 1.82) is 0 Å². The summed E-state index contributed by atoms with van der Waals surface area (Å²) < 4.78 is 21.4. The molecule has 1 unspecified atom stereocenters. The van der Waals surface area contributed by atoms with Crippen LogP contribution in [0.4, 0.5) is 0 Å². The Morgan fingerprint density at radius 1 is 1.50 bits per heavy atom. The van der Waals surface area contributed by atoms with E-state index in [1.165, 1.54) is 6.26 Å². The van der Waals surface area contributed by atoms with Crippen molar-refractivity contribution < 1.29 is 8.42 Å². The lowest BCUT2D eigenvalue weighted by molar-refractivity contribution is 0.600. The fourth-order valence-corrected chi connectivity index (χ4v) is 2.37. The summed E-state index contributed by atoms with van der Waals surface area (Å²) in [7, 11) is -2.77. The molecule has 0 saturated carbocycles. The van der Waals surface area contributed by atoms with Gasteiger partial charge in [0.2, 0.25) is 0 Å². The van der Waals surface area contributed by atoms with Gasteiger partial charge in [-0.1, -0.05) is 6.92 Å². The van der Waals surface area contributed by atoms with Crippen LogP contribution in [-0.4, -0.2) is 38.0 Å². The molecular formula is C7H17NO2S2. The second kappa shape index (κ2) is 5.83. The molecule has 0 aromatic rings. The number of sulfone groups is 1. The maximum Gasteiger partial charge on any atom is 0.147 e. The molecule has 74 valence electrons. The van der Waals surface area contributed by atoms with Gasteiger partial charge in [0.25, 0.3) is 0 Å². The van der Waals surface area contributed by atoms with E-state index in [0.717, 1.165) is 12.2 Å². The van der Waals surface area contributed by atoms with Gasteiger partial charge < -0.3 is 5.73 Å². The summed E-state index contributed by atoms with van der Waals surface area (Å²) in [4.78, 5) is 0. The van der Waals surface area contributed by atoms with Gasteiger partial charge in [0, 0.05) is 18.1 Å². The van der Waals surface area contributed by atoms with Crippen molar-refractivity contribution in [2.45, 2.75) is 18.6 Å². The maximum atomic E-state index is 10.7. The van der Waals surface area contributed by atoms with Crippen LogP contribution < -0.4 is 5.73 Å². The van der Waals surface area contributed by atoms with E-state index in [1.54, 1.807) is 11.8 Å². The van der Waals surface area contributed by atoms with Crippen molar-refractivity contribution >= 4 is 21.6 Å². The summed E-state index contributed by atoms with van der Waals surface area (Å²) >= 11 is 1.73. The highest BCUT2D eigenvalue weighted by atomic mass is 32.2. The van der Waals surface area contributed by atoms with Gasteiger partial charge in [-0.15, -0.1) is 0 Å². The molecule has 0 rings (SSSR count). The Kier molecular flexibility index (Phi) is 5.96. The van der Waals surface area contributed by atoms with E-state index in [0.29, 0.717) is 11.8 Å². The van der Waals surface area contributed by atoms with Gasteiger partial charge in [0.15, 0.2) is 0 Å². The van der Waals surface area contributed by atoms with E-state index in [-0.39, 0.29) is 5.75 Å².